The van der Waals surface area contributed by atoms with Crippen molar-refractivity contribution in [3.63, 3.8) is 0 Å². The number of hydrogen-bond donors (Lipinski definition) is 1. The summed E-state index contributed by atoms with van der Waals surface area (Å²) in [5.41, 5.74) is 2.64. The van der Waals surface area contributed by atoms with Crippen molar-refractivity contribution < 1.29 is 31.8 Å². The first kappa shape index (κ1) is 32.8. The predicted octanol–water partition coefficient (Wildman–Crippen LogP) is 8.68. The van der Waals surface area contributed by atoms with Gasteiger partial charge in [-0.3, -0.25) is 9.97 Å². The molecule has 0 spiro atoms. The van der Waals surface area contributed by atoms with E-state index in [0.29, 0.717) is 49.6 Å². The monoisotopic (exact) mass is 608 g/mol. The zero-order chi connectivity index (χ0) is 31.4. The average Bonchev–Trinajstić information content (AvgIpc) is 2.85. The lowest BCUT2D eigenvalue weighted by atomic mass is 9.71. The van der Waals surface area contributed by atoms with Crippen LogP contribution in [0.4, 0.5) is 17.6 Å². The van der Waals surface area contributed by atoms with Gasteiger partial charge in [-0.25, -0.2) is 4.39 Å². The molecule has 0 bridgehead atoms. The normalized spacial score (nSPS) is 20.4. The Kier molecular flexibility index (Phi) is 8.90. The fourth-order valence-electron chi connectivity index (χ4n) is 5.69. The third-order valence-electron chi connectivity index (χ3n) is 8.89. The van der Waals surface area contributed by atoms with Crippen LogP contribution in [0, 0.1) is 11.2 Å². The summed E-state index contributed by atoms with van der Waals surface area (Å²) in [6, 6.07) is 0.395. The first-order valence-electron chi connectivity index (χ1n) is 14.7. The minimum Gasteiger partial charge on any atom is -0.410 e. The second kappa shape index (κ2) is 11.4. The number of aliphatic hydroxyl groups is 1. The number of rotatable bonds is 6. The van der Waals surface area contributed by atoms with Gasteiger partial charge in [0.05, 0.1) is 30.6 Å². The van der Waals surface area contributed by atoms with E-state index in [1.165, 1.54) is 0 Å². The SMILES string of the molecule is CC(C)c1nc2c(c(C3=CCOCC3)c1C(O)c1ncc(C(F)(F)F)cc1F)C(O[Si](C)(C)C(C)(C)C)CC(C)(C)C2. The van der Waals surface area contributed by atoms with Crippen molar-refractivity contribution in [3.05, 3.63) is 63.5 Å². The number of halogens is 4. The van der Waals surface area contributed by atoms with Gasteiger partial charge in [-0.05, 0) is 65.9 Å². The molecule has 1 aliphatic carbocycles. The number of nitrogens with zero attached hydrogens (tertiary/aromatic N) is 2. The fourth-order valence-corrected chi connectivity index (χ4v) is 6.95. The van der Waals surface area contributed by atoms with Crippen LogP contribution in [0.3, 0.4) is 0 Å². The van der Waals surface area contributed by atoms with E-state index in [9.17, 15) is 18.3 Å². The van der Waals surface area contributed by atoms with Crippen molar-refractivity contribution in [2.45, 2.75) is 110 Å². The third kappa shape index (κ3) is 6.51. The maximum Gasteiger partial charge on any atom is 0.417 e. The maximum absolute atomic E-state index is 15.3. The van der Waals surface area contributed by atoms with Gasteiger partial charge in [0.1, 0.15) is 17.6 Å². The van der Waals surface area contributed by atoms with Crippen molar-refractivity contribution >= 4 is 13.9 Å². The Morgan fingerprint density at radius 1 is 1.14 bits per heavy atom. The number of aliphatic hydroxyl groups excluding tert-OH is 1. The van der Waals surface area contributed by atoms with E-state index in [4.69, 9.17) is 14.1 Å². The molecular weight excluding hydrogens is 564 g/mol. The highest BCUT2D eigenvalue weighted by molar-refractivity contribution is 6.74. The molecule has 3 heterocycles. The molecule has 2 aromatic heterocycles. The minimum atomic E-state index is -4.76. The van der Waals surface area contributed by atoms with E-state index < -0.39 is 37.7 Å². The number of ether oxygens (including phenoxy) is 1. The molecule has 0 saturated heterocycles. The summed E-state index contributed by atoms with van der Waals surface area (Å²) in [5.74, 6) is -1.38. The van der Waals surface area contributed by atoms with Crippen molar-refractivity contribution in [2.24, 2.45) is 5.41 Å². The number of pyridine rings is 2. The van der Waals surface area contributed by atoms with Gasteiger partial charge in [-0.2, -0.15) is 13.2 Å². The van der Waals surface area contributed by atoms with Gasteiger partial charge in [-0.1, -0.05) is 54.5 Å². The van der Waals surface area contributed by atoms with E-state index in [0.717, 1.165) is 28.8 Å². The Labute approximate surface area is 247 Å². The van der Waals surface area contributed by atoms with Crippen LogP contribution in [0.25, 0.3) is 5.57 Å². The molecule has 4 rings (SSSR count). The molecule has 0 radical (unpaired) electrons. The molecule has 0 saturated carbocycles. The highest BCUT2D eigenvalue weighted by Gasteiger charge is 2.45. The second-order valence-electron chi connectivity index (χ2n) is 14.3. The Hall–Kier alpha value is -2.14. The Balaban J connectivity index is 2.04. The van der Waals surface area contributed by atoms with Crippen LogP contribution in [-0.4, -0.2) is 36.6 Å². The van der Waals surface area contributed by atoms with E-state index in [2.05, 4.69) is 52.7 Å². The molecule has 1 N–H and O–H groups in total. The zero-order valence-electron chi connectivity index (χ0n) is 26.2. The van der Waals surface area contributed by atoms with Gasteiger partial charge in [-0.15, -0.1) is 0 Å². The number of aromatic nitrogens is 2. The molecule has 2 atom stereocenters. The summed E-state index contributed by atoms with van der Waals surface area (Å²) in [6.07, 6.45) is -2.19. The van der Waals surface area contributed by atoms with E-state index in [1.54, 1.807) is 0 Å². The van der Waals surface area contributed by atoms with Crippen molar-refractivity contribution in [3.8, 4) is 0 Å². The number of fused-ring (bicyclic) bond motifs is 1. The largest absolute Gasteiger partial charge is 0.417 e. The molecule has 2 aliphatic rings. The van der Waals surface area contributed by atoms with E-state index in [-0.39, 0.29) is 22.5 Å². The summed E-state index contributed by atoms with van der Waals surface area (Å²) in [7, 11) is -2.29. The van der Waals surface area contributed by atoms with Gasteiger partial charge in [0.2, 0.25) is 0 Å². The van der Waals surface area contributed by atoms with Crippen LogP contribution in [0.2, 0.25) is 18.1 Å². The molecule has 42 heavy (non-hydrogen) atoms. The van der Waals surface area contributed by atoms with Crippen LogP contribution in [0.5, 0.6) is 0 Å². The second-order valence-corrected chi connectivity index (χ2v) is 19.0. The van der Waals surface area contributed by atoms with E-state index in [1.807, 2.05) is 19.9 Å². The predicted molar refractivity (Wildman–Crippen MR) is 158 cm³/mol. The summed E-state index contributed by atoms with van der Waals surface area (Å²) in [6.45, 7) is 20.1. The van der Waals surface area contributed by atoms with Gasteiger partial charge >= 0.3 is 6.18 Å². The number of hydrogen-bond acceptors (Lipinski definition) is 5. The molecule has 232 valence electrons. The lowest BCUT2D eigenvalue weighted by molar-refractivity contribution is -0.138. The summed E-state index contributed by atoms with van der Waals surface area (Å²) in [4.78, 5) is 8.94. The van der Waals surface area contributed by atoms with Crippen molar-refractivity contribution in [1.29, 1.82) is 0 Å². The first-order chi connectivity index (χ1) is 19.2. The van der Waals surface area contributed by atoms with Crippen LogP contribution in [-0.2, 0) is 21.8 Å². The summed E-state index contributed by atoms with van der Waals surface area (Å²) < 4.78 is 67.9. The molecule has 0 fully saturated rings. The topological polar surface area (TPSA) is 64.5 Å². The van der Waals surface area contributed by atoms with Crippen LogP contribution in [0.15, 0.2) is 18.3 Å². The van der Waals surface area contributed by atoms with Crippen molar-refractivity contribution in [2.75, 3.05) is 13.2 Å². The standard InChI is InChI=1S/C32H44F4N2O3Si/c1-18(2)27-26(29(39)28-21(33)14-20(17-37-28)32(34,35)36)24(19-10-12-40-13-11-19)25-22(38-27)15-31(6,7)16-23(25)41-42(8,9)30(3,4)5/h10,14,17-18,23,29,39H,11-13,15-16H2,1-9H3. The molecule has 2 aromatic rings. The highest BCUT2D eigenvalue weighted by Crippen LogP contribution is 2.51. The van der Waals surface area contributed by atoms with Crippen LogP contribution in [0.1, 0.15) is 119 Å². The zero-order valence-corrected chi connectivity index (χ0v) is 27.2. The third-order valence-corrected chi connectivity index (χ3v) is 13.4. The van der Waals surface area contributed by atoms with Crippen molar-refractivity contribution in [1.82, 2.24) is 9.97 Å². The van der Waals surface area contributed by atoms with Gasteiger partial charge in [0.25, 0.3) is 0 Å². The lowest BCUT2D eigenvalue weighted by Crippen LogP contribution is -2.44. The van der Waals surface area contributed by atoms with Crippen LogP contribution < -0.4 is 0 Å². The summed E-state index contributed by atoms with van der Waals surface area (Å²) in [5, 5.41) is 11.8. The van der Waals surface area contributed by atoms with Gasteiger partial charge in [0, 0.05) is 23.0 Å². The first-order valence-corrected chi connectivity index (χ1v) is 17.6. The molecule has 0 aromatic carbocycles. The van der Waals surface area contributed by atoms with Crippen LogP contribution >= 0.6 is 0 Å². The van der Waals surface area contributed by atoms with Gasteiger partial charge in [0.15, 0.2) is 8.32 Å². The minimum absolute atomic E-state index is 0.0617. The Bertz CT molecular complexity index is 1360. The molecular formula is C32H44F4N2O3Si. The fraction of sp³-hybridized carbons (Fsp3) is 0.625. The molecule has 5 nitrogen and oxygen atoms in total. The average molecular weight is 609 g/mol. The molecule has 2 unspecified atom stereocenters. The molecule has 10 heteroatoms. The Morgan fingerprint density at radius 2 is 1.81 bits per heavy atom. The lowest BCUT2D eigenvalue weighted by Gasteiger charge is -2.45. The maximum atomic E-state index is 15.3. The Morgan fingerprint density at radius 3 is 2.33 bits per heavy atom. The molecule has 1 aliphatic heterocycles. The number of alkyl halides is 3. The smallest absolute Gasteiger partial charge is 0.410 e. The quantitative estimate of drug-likeness (QED) is 0.263. The van der Waals surface area contributed by atoms with Gasteiger partial charge < -0.3 is 14.3 Å². The van der Waals surface area contributed by atoms with E-state index >= 15 is 4.39 Å². The summed E-state index contributed by atoms with van der Waals surface area (Å²) >= 11 is 0. The highest BCUT2D eigenvalue weighted by atomic mass is 28.4. The molecule has 0 amide bonds.